The van der Waals surface area contributed by atoms with Crippen LogP contribution >= 0.6 is 11.3 Å². The Morgan fingerprint density at radius 2 is 0.814 bits per heavy atom. The van der Waals surface area contributed by atoms with E-state index in [0.717, 1.165) is 66.7 Å². The molecular formula is C53H33N5S. The van der Waals surface area contributed by atoms with Gasteiger partial charge in [-0.25, -0.2) is 19.9 Å². The Labute approximate surface area is 345 Å². The SMILES string of the molecule is c1ccc(-c2ccc(-c3nc(-c4ccccc4)nc(-c4cccc(-c5ccc(-c6cccc(-c7nc8cnccc8c8c7sc7ccccc78)c6)cc5)c4)n3)cc2)cc1. The van der Waals surface area contributed by atoms with Gasteiger partial charge in [0.1, 0.15) is 0 Å². The summed E-state index contributed by atoms with van der Waals surface area (Å²) in [7, 11) is 0. The topological polar surface area (TPSA) is 64.5 Å². The van der Waals surface area contributed by atoms with Gasteiger partial charge < -0.3 is 0 Å². The summed E-state index contributed by atoms with van der Waals surface area (Å²) in [5.41, 5.74) is 12.5. The zero-order valence-corrected chi connectivity index (χ0v) is 32.5. The van der Waals surface area contributed by atoms with Gasteiger partial charge >= 0.3 is 0 Å². The first kappa shape index (κ1) is 34.6. The van der Waals surface area contributed by atoms with Gasteiger partial charge in [-0.1, -0.05) is 164 Å². The van der Waals surface area contributed by atoms with E-state index >= 15 is 0 Å². The molecule has 0 aliphatic carbocycles. The summed E-state index contributed by atoms with van der Waals surface area (Å²) in [6.07, 6.45) is 3.72. The van der Waals surface area contributed by atoms with Gasteiger partial charge in [-0.3, -0.25) is 4.98 Å². The van der Waals surface area contributed by atoms with Crippen molar-refractivity contribution in [2.45, 2.75) is 0 Å². The molecule has 0 aliphatic rings. The highest BCUT2D eigenvalue weighted by Crippen LogP contribution is 2.43. The molecule has 0 atom stereocenters. The lowest BCUT2D eigenvalue weighted by atomic mass is 9.97. The molecule has 0 aliphatic heterocycles. The van der Waals surface area contributed by atoms with E-state index in [4.69, 9.17) is 19.9 Å². The van der Waals surface area contributed by atoms with Crippen LogP contribution in [0.4, 0.5) is 0 Å². The molecule has 59 heavy (non-hydrogen) atoms. The Balaban J connectivity index is 0.929. The van der Waals surface area contributed by atoms with E-state index in [1.54, 1.807) is 11.3 Å². The van der Waals surface area contributed by atoms with E-state index in [-0.39, 0.29) is 0 Å². The van der Waals surface area contributed by atoms with Crippen molar-refractivity contribution in [3.63, 3.8) is 0 Å². The molecule has 0 saturated heterocycles. The maximum absolute atomic E-state index is 5.18. The van der Waals surface area contributed by atoms with Gasteiger partial charge in [0, 0.05) is 49.3 Å². The van der Waals surface area contributed by atoms with Gasteiger partial charge in [-0.2, -0.15) is 0 Å². The predicted octanol–water partition coefficient (Wildman–Crippen LogP) is 13.9. The molecule has 0 amide bonds. The van der Waals surface area contributed by atoms with Gasteiger partial charge in [0.2, 0.25) is 0 Å². The molecule has 0 N–H and O–H groups in total. The van der Waals surface area contributed by atoms with Crippen LogP contribution in [0.15, 0.2) is 200 Å². The number of fused-ring (bicyclic) bond motifs is 5. The molecular weight excluding hydrogens is 739 g/mol. The third kappa shape index (κ3) is 6.52. The van der Waals surface area contributed by atoms with Gasteiger partial charge in [-0.15, -0.1) is 11.3 Å². The van der Waals surface area contributed by atoms with Crippen molar-refractivity contribution < 1.29 is 0 Å². The zero-order valence-electron chi connectivity index (χ0n) is 31.7. The first-order valence-corrected chi connectivity index (χ1v) is 20.4. The fourth-order valence-electron chi connectivity index (χ4n) is 7.86. The highest BCUT2D eigenvalue weighted by Gasteiger charge is 2.17. The second-order valence-electron chi connectivity index (χ2n) is 14.5. The van der Waals surface area contributed by atoms with Crippen LogP contribution < -0.4 is 0 Å². The van der Waals surface area contributed by atoms with E-state index in [9.17, 15) is 0 Å². The first-order chi connectivity index (χ1) is 29.2. The monoisotopic (exact) mass is 771 g/mol. The van der Waals surface area contributed by atoms with Crippen LogP contribution in [0.2, 0.25) is 0 Å². The number of nitrogens with zero attached hydrogens (tertiary/aromatic N) is 5. The quantitative estimate of drug-likeness (QED) is 0.161. The summed E-state index contributed by atoms with van der Waals surface area (Å²) in [5.74, 6) is 1.90. The van der Waals surface area contributed by atoms with Crippen molar-refractivity contribution in [2.75, 3.05) is 0 Å². The summed E-state index contributed by atoms with van der Waals surface area (Å²) in [5, 5.41) is 3.63. The molecule has 276 valence electrons. The Morgan fingerprint density at radius 3 is 1.49 bits per heavy atom. The molecule has 6 heteroatoms. The van der Waals surface area contributed by atoms with Crippen LogP contribution in [0.3, 0.4) is 0 Å². The fraction of sp³-hybridized carbons (Fsp3) is 0. The molecule has 5 nitrogen and oxygen atoms in total. The summed E-state index contributed by atoms with van der Waals surface area (Å²) in [4.78, 5) is 24.6. The molecule has 0 fully saturated rings. The van der Waals surface area contributed by atoms with E-state index in [2.05, 4.69) is 157 Å². The molecule has 0 radical (unpaired) electrons. The van der Waals surface area contributed by atoms with Crippen molar-refractivity contribution in [1.29, 1.82) is 0 Å². The van der Waals surface area contributed by atoms with Crippen LogP contribution in [0.25, 0.3) is 110 Å². The maximum atomic E-state index is 5.18. The van der Waals surface area contributed by atoms with Gasteiger partial charge in [0.25, 0.3) is 0 Å². The lowest BCUT2D eigenvalue weighted by Crippen LogP contribution is -2.00. The third-order valence-electron chi connectivity index (χ3n) is 10.8. The van der Waals surface area contributed by atoms with Crippen molar-refractivity contribution >= 4 is 42.4 Å². The van der Waals surface area contributed by atoms with Crippen molar-refractivity contribution in [2.24, 2.45) is 0 Å². The molecule has 0 spiro atoms. The van der Waals surface area contributed by atoms with E-state index in [1.165, 1.54) is 25.7 Å². The number of thiophene rings is 1. The van der Waals surface area contributed by atoms with Crippen LogP contribution in [-0.4, -0.2) is 24.9 Å². The van der Waals surface area contributed by atoms with Crippen LogP contribution in [0.5, 0.6) is 0 Å². The normalized spacial score (nSPS) is 11.4. The standard InChI is InChI=1S/C53H33N5S/c1-3-11-34(12-4-1)35-25-27-39(28-26-35)52-56-51(38-13-5-2-6-14-38)57-53(58-52)43-18-10-16-41(32-43)37-23-21-36(22-24-37)40-15-9-17-42(31-40)49-50-48(44-29-30-54-33-46(44)55-49)45-19-7-8-20-47(45)59-50/h1-33H. The Hall–Kier alpha value is -7.67. The van der Waals surface area contributed by atoms with Crippen molar-refractivity contribution in [3.8, 4) is 78.8 Å². The van der Waals surface area contributed by atoms with Crippen molar-refractivity contribution in [3.05, 3.63) is 200 Å². The van der Waals surface area contributed by atoms with Crippen LogP contribution in [-0.2, 0) is 0 Å². The highest BCUT2D eigenvalue weighted by molar-refractivity contribution is 7.26. The van der Waals surface area contributed by atoms with E-state index in [0.29, 0.717) is 17.5 Å². The molecule has 11 rings (SSSR count). The average Bonchev–Trinajstić information content (AvgIpc) is 3.72. The van der Waals surface area contributed by atoms with Gasteiger partial charge in [0.05, 0.1) is 22.1 Å². The minimum Gasteiger partial charge on any atom is -0.262 e. The average molecular weight is 772 g/mol. The number of hydrogen-bond acceptors (Lipinski definition) is 6. The van der Waals surface area contributed by atoms with Crippen LogP contribution in [0, 0.1) is 0 Å². The molecule has 0 unspecified atom stereocenters. The summed E-state index contributed by atoms with van der Waals surface area (Å²) < 4.78 is 2.45. The zero-order chi connectivity index (χ0) is 39.1. The smallest absolute Gasteiger partial charge is 0.164 e. The summed E-state index contributed by atoms with van der Waals surface area (Å²) in [6.45, 7) is 0. The minimum absolute atomic E-state index is 0.627. The molecule has 0 bridgehead atoms. The third-order valence-corrected chi connectivity index (χ3v) is 12.0. The predicted molar refractivity (Wildman–Crippen MR) is 244 cm³/mol. The molecule has 7 aromatic carbocycles. The first-order valence-electron chi connectivity index (χ1n) is 19.6. The maximum Gasteiger partial charge on any atom is 0.164 e. The summed E-state index contributed by atoms with van der Waals surface area (Å²) in [6, 6.07) is 65.5. The fourth-order valence-corrected chi connectivity index (χ4v) is 9.09. The lowest BCUT2D eigenvalue weighted by Gasteiger charge is -2.11. The molecule has 4 aromatic heterocycles. The molecule has 4 heterocycles. The molecule has 11 aromatic rings. The van der Waals surface area contributed by atoms with Crippen molar-refractivity contribution in [1.82, 2.24) is 24.9 Å². The summed E-state index contributed by atoms with van der Waals surface area (Å²) >= 11 is 1.80. The van der Waals surface area contributed by atoms with Gasteiger partial charge in [-0.05, 0) is 57.6 Å². The Kier molecular flexibility index (Phi) is 8.60. The largest absolute Gasteiger partial charge is 0.262 e. The molecule has 0 saturated carbocycles. The van der Waals surface area contributed by atoms with E-state index in [1.807, 2.05) is 48.8 Å². The lowest BCUT2D eigenvalue weighted by molar-refractivity contribution is 1.07. The number of aromatic nitrogens is 5. The Morgan fingerprint density at radius 1 is 0.339 bits per heavy atom. The highest BCUT2D eigenvalue weighted by atomic mass is 32.1. The van der Waals surface area contributed by atoms with Gasteiger partial charge in [0.15, 0.2) is 17.5 Å². The van der Waals surface area contributed by atoms with Crippen LogP contribution in [0.1, 0.15) is 0 Å². The number of rotatable bonds is 7. The Bertz CT molecular complexity index is 3310. The number of benzene rings is 7. The number of pyridine rings is 2. The van der Waals surface area contributed by atoms with E-state index < -0.39 is 0 Å². The second kappa shape index (κ2) is 14.7. The number of hydrogen-bond donors (Lipinski definition) is 0. The second-order valence-corrected chi connectivity index (χ2v) is 15.6. The minimum atomic E-state index is 0.627.